The molecule has 3 aliphatic heterocycles. The molecule has 60 heavy (non-hydrogen) atoms. The molecule has 1 unspecified atom stereocenters. The van der Waals surface area contributed by atoms with Crippen molar-refractivity contribution in [3.8, 4) is 22.9 Å². The van der Waals surface area contributed by atoms with Gasteiger partial charge in [-0.1, -0.05) is 75.7 Å². The zero-order valence-electron chi connectivity index (χ0n) is 34.1. The Morgan fingerprint density at radius 3 is 2.27 bits per heavy atom. The fraction of sp³-hybridized carbons (Fsp3) is 0.362. The minimum atomic E-state index is -0.985. The van der Waals surface area contributed by atoms with Crippen LogP contribution in [0.1, 0.15) is 82.7 Å². The molecule has 1 atom stereocenters. The lowest BCUT2D eigenvalue weighted by Gasteiger charge is -2.63. The van der Waals surface area contributed by atoms with E-state index in [2.05, 4.69) is 78.5 Å². The number of hydrogen-bond donors (Lipinski definition) is 2. The number of carbonyl (C=O) groups is 5. The van der Waals surface area contributed by atoms with Crippen LogP contribution in [0.4, 0.5) is 5.69 Å². The van der Waals surface area contributed by atoms with E-state index < -0.39 is 29.7 Å². The maximum atomic E-state index is 13.5. The molecule has 2 saturated heterocycles. The average molecular weight is 827 g/mol. The number of halogens is 1. The van der Waals surface area contributed by atoms with Crippen LogP contribution in [0.15, 0.2) is 84.9 Å². The van der Waals surface area contributed by atoms with Gasteiger partial charge in [0.05, 0.1) is 21.7 Å². The fourth-order valence-electron chi connectivity index (χ4n) is 9.70. The Morgan fingerprint density at radius 2 is 1.58 bits per heavy atom. The van der Waals surface area contributed by atoms with Crippen LogP contribution < -0.4 is 20.3 Å². The smallest absolute Gasteiger partial charge is 0.262 e. The van der Waals surface area contributed by atoms with Gasteiger partial charge in [-0.3, -0.25) is 39.1 Å². The largest absolute Gasteiger partial charge is 0.489 e. The summed E-state index contributed by atoms with van der Waals surface area (Å²) in [5.41, 5.74) is 4.98. The Bertz CT molecular complexity index is 2430. The quantitative estimate of drug-likeness (QED) is 0.177. The van der Waals surface area contributed by atoms with Gasteiger partial charge in [-0.15, -0.1) is 0 Å². The number of rotatable bonds is 10. The minimum absolute atomic E-state index is 0.0825. The molecule has 3 heterocycles. The second-order valence-electron chi connectivity index (χ2n) is 17.3. The third-order valence-corrected chi connectivity index (χ3v) is 13.0. The van der Waals surface area contributed by atoms with Gasteiger partial charge in [0.1, 0.15) is 24.0 Å². The van der Waals surface area contributed by atoms with Crippen LogP contribution >= 0.6 is 11.6 Å². The van der Waals surface area contributed by atoms with Crippen molar-refractivity contribution >= 4 is 46.8 Å². The van der Waals surface area contributed by atoms with Gasteiger partial charge < -0.3 is 15.0 Å². The zero-order valence-corrected chi connectivity index (χ0v) is 34.8. The predicted octanol–water partition coefficient (Wildman–Crippen LogP) is 6.26. The molecular formula is C47H47ClN6O6. The van der Waals surface area contributed by atoms with Crippen LogP contribution in [-0.4, -0.2) is 90.2 Å². The molecule has 4 aromatic carbocycles. The maximum absolute atomic E-state index is 13.5. The van der Waals surface area contributed by atoms with Gasteiger partial charge in [0.2, 0.25) is 11.8 Å². The second kappa shape index (κ2) is 15.9. The summed E-state index contributed by atoms with van der Waals surface area (Å²) in [6.07, 6.45) is 0.884. The third-order valence-electron chi connectivity index (χ3n) is 12.7. The van der Waals surface area contributed by atoms with Crippen molar-refractivity contribution < 1.29 is 28.7 Å². The molecule has 4 aromatic rings. The van der Waals surface area contributed by atoms with Crippen LogP contribution in [0.2, 0.25) is 5.02 Å². The number of benzene rings is 4. The van der Waals surface area contributed by atoms with Crippen molar-refractivity contribution in [1.82, 2.24) is 20.4 Å². The van der Waals surface area contributed by atoms with Crippen molar-refractivity contribution in [3.05, 3.63) is 118 Å². The highest BCUT2D eigenvalue weighted by molar-refractivity contribution is 6.31. The number of anilines is 1. The number of nitrogens with one attached hydrogen (secondary N) is 2. The van der Waals surface area contributed by atoms with Gasteiger partial charge in [0, 0.05) is 73.3 Å². The summed E-state index contributed by atoms with van der Waals surface area (Å²) in [5, 5.41) is 15.1. The van der Waals surface area contributed by atoms with Crippen molar-refractivity contribution in [2.75, 3.05) is 37.6 Å². The molecule has 8 rings (SSSR count). The highest BCUT2D eigenvalue weighted by atomic mass is 35.5. The number of nitriles is 1. The van der Waals surface area contributed by atoms with Gasteiger partial charge in [-0.2, -0.15) is 5.26 Å². The highest BCUT2D eigenvalue weighted by Gasteiger charge is 2.64. The number of nitrogens with zero attached hydrogens (tertiary/aromatic N) is 4. The van der Waals surface area contributed by atoms with E-state index >= 15 is 0 Å². The number of hydrogen-bond acceptors (Lipinski definition) is 9. The molecule has 3 fully saturated rings. The number of amides is 5. The molecule has 1 saturated carbocycles. The first-order valence-electron chi connectivity index (χ1n) is 20.3. The summed E-state index contributed by atoms with van der Waals surface area (Å²) < 4.78 is 6.38. The fourth-order valence-corrected chi connectivity index (χ4v) is 9.92. The molecular weight excluding hydrogens is 780 g/mol. The van der Waals surface area contributed by atoms with E-state index in [-0.39, 0.29) is 52.9 Å². The summed E-state index contributed by atoms with van der Waals surface area (Å²) in [6, 6.07) is 27.5. The van der Waals surface area contributed by atoms with E-state index in [1.807, 2.05) is 30.3 Å². The number of piperidine rings is 1. The predicted molar refractivity (Wildman–Crippen MR) is 227 cm³/mol. The van der Waals surface area contributed by atoms with Crippen molar-refractivity contribution in [2.24, 2.45) is 10.8 Å². The number of ether oxygens (including phenoxy) is 1. The Hall–Kier alpha value is -6.03. The summed E-state index contributed by atoms with van der Waals surface area (Å²) in [6.45, 7) is 12.4. The molecule has 2 N–H and O–H groups in total. The van der Waals surface area contributed by atoms with E-state index in [0.717, 1.165) is 60.9 Å². The standard InChI is InChI=1S/C47H47ClN6O6/c1-46(2)44(47(3,4)45(46)60-34-14-12-32(27-49)37(48)26-34)51-40(56)30-10-8-29(9-11-30)31-7-5-6-28(24-31)18-19-52-20-22-53(23-21-52)33-13-15-35-36(25-33)43(59)54(42(35)58)38-16-17-39(55)50-41(38)57/h5-15,24-26,38,44-45H,16-23H2,1-4H3,(H,51,56)(H,50,55,57)/t38?,44-,45-. The Morgan fingerprint density at radius 1 is 0.867 bits per heavy atom. The van der Waals surface area contributed by atoms with Crippen molar-refractivity contribution in [3.63, 3.8) is 0 Å². The molecule has 1 aliphatic carbocycles. The summed E-state index contributed by atoms with van der Waals surface area (Å²) in [5.74, 6) is -1.57. The molecule has 308 valence electrons. The van der Waals surface area contributed by atoms with E-state index in [4.69, 9.17) is 16.3 Å². The highest BCUT2D eigenvalue weighted by Crippen LogP contribution is 2.55. The normalized spacial score (nSPS) is 22.1. The van der Waals surface area contributed by atoms with Gasteiger partial charge in [0.15, 0.2) is 0 Å². The molecule has 0 spiro atoms. The first-order valence-corrected chi connectivity index (χ1v) is 20.7. The first-order chi connectivity index (χ1) is 28.6. The molecule has 0 bridgehead atoms. The number of carbonyl (C=O) groups excluding carboxylic acids is 5. The molecule has 12 nitrogen and oxygen atoms in total. The number of imide groups is 2. The summed E-state index contributed by atoms with van der Waals surface area (Å²) >= 11 is 6.25. The van der Waals surface area contributed by atoms with E-state index in [0.29, 0.717) is 21.9 Å². The van der Waals surface area contributed by atoms with Gasteiger partial charge in [-0.25, -0.2) is 0 Å². The third kappa shape index (κ3) is 7.52. The Balaban J connectivity index is 0.830. The number of fused-ring (bicyclic) bond motifs is 1. The lowest BCUT2D eigenvalue weighted by Crippen LogP contribution is -2.74. The lowest BCUT2D eigenvalue weighted by atomic mass is 9.49. The monoisotopic (exact) mass is 826 g/mol. The topological polar surface area (TPSA) is 152 Å². The molecule has 0 aromatic heterocycles. The maximum Gasteiger partial charge on any atom is 0.262 e. The van der Waals surface area contributed by atoms with Crippen LogP contribution in [0, 0.1) is 22.2 Å². The summed E-state index contributed by atoms with van der Waals surface area (Å²) in [7, 11) is 0. The van der Waals surface area contributed by atoms with Crippen LogP contribution in [0.5, 0.6) is 5.75 Å². The van der Waals surface area contributed by atoms with E-state index in [1.54, 1.807) is 30.3 Å². The van der Waals surface area contributed by atoms with E-state index in [9.17, 15) is 29.2 Å². The van der Waals surface area contributed by atoms with Gasteiger partial charge in [0.25, 0.3) is 17.7 Å². The molecule has 5 amide bonds. The SMILES string of the molecule is CC1(C)[C@H](NC(=O)c2ccc(-c3cccc(CCN4CCN(c5ccc6c(c5)C(=O)N(C5CCC(=O)NC5=O)C6=O)CC4)c3)cc2)C(C)(C)[C@H]1Oc1ccc(C#N)c(Cl)c1. The second-order valence-corrected chi connectivity index (χ2v) is 17.7. The van der Waals surface area contributed by atoms with Crippen LogP contribution in [-0.2, 0) is 16.0 Å². The molecule has 0 radical (unpaired) electrons. The lowest BCUT2D eigenvalue weighted by molar-refractivity contribution is -0.164. The molecule has 4 aliphatic rings. The van der Waals surface area contributed by atoms with Gasteiger partial charge in [-0.05, 0) is 72.0 Å². The zero-order chi connectivity index (χ0) is 42.5. The van der Waals surface area contributed by atoms with E-state index in [1.165, 1.54) is 5.56 Å². The first kappa shape index (κ1) is 40.7. The summed E-state index contributed by atoms with van der Waals surface area (Å²) in [4.78, 5) is 69.7. The number of piperazine rings is 1. The Labute approximate surface area is 354 Å². The van der Waals surface area contributed by atoms with Crippen LogP contribution in [0.3, 0.4) is 0 Å². The van der Waals surface area contributed by atoms with Crippen molar-refractivity contribution in [2.45, 2.75) is 65.1 Å². The van der Waals surface area contributed by atoms with Crippen LogP contribution in [0.25, 0.3) is 11.1 Å². The molecule has 13 heteroatoms. The van der Waals surface area contributed by atoms with Crippen molar-refractivity contribution in [1.29, 1.82) is 5.26 Å². The van der Waals surface area contributed by atoms with Gasteiger partial charge >= 0.3 is 0 Å². The average Bonchev–Trinajstić information content (AvgIpc) is 3.49. The Kier molecular flexibility index (Phi) is 10.8. The minimum Gasteiger partial charge on any atom is -0.489 e.